The third kappa shape index (κ3) is 3.14. The van der Waals surface area contributed by atoms with E-state index in [1.165, 1.54) is 0 Å². The zero-order valence-corrected chi connectivity index (χ0v) is 11.6. The van der Waals surface area contributed by atoms with Gasteiger partial charge in [0.1, 0.15) is 24.1 Å². The van der Waals surface area contributed by atoms with Crippen LogP contribution in [0.15, 0.2) is 36.5 Å². The van der Waals surface area contributed by atoms with Crippen molar-refractivity contribution in [3.8, 4) is 11.8 Å². The molecule has 2 rings (SSSR count). The van der Waals surface area contributed by atoms with Gasteiger partial charge in [-0.2, -0.15) is 5.26 Å². The van der Waals surface area contributed by atoms with Crippen molar-refractivity contribution in [3.05, 3.63) is 58.9 Å². The Morgan fingerprint density at radius 3 is 2.85 bits per heavy atom. The number of benzene rings is 1. The van der Waals surface area contributed by atoms with Crippen LogP contribution in [0.1, 0.15) is 35.3 Å². The first-order valence-electron chi connectivity index (χ1n) is 6.44. The van der Waals surface area contributed by atoms with Crippen LogP contribution in [-0.4, -0.2) is 4.98 Å². The van der Waals surface area contributed by atoms with Crippen LogP contribution in [-0.2, 0) is 6.61 Å². The Balaban J connectivity index is 2.14. The highest BCUT2D eigenvalue weighted by Gasteiger charge is 2.07. The van der Waals surface area contributed by atoms with Gasteiger partial charge in [-0.1, -0.05) is 18.2 Å². The lowest BCUT2D eigenvalue weighted by Crippen LogP contribution is -2.06. The Bertz CT molecular complexity index is 644. The quantitative estimate of drug-likeness (QED) is 0.924. The molecule has 1 aromatic heterocycles. The number of aromatic nitrogens is 1. The summed E-state index contributed by atoms with van der Waals surface area (Å²) in [7, 11) is 0. The zero-order valence-electron chi connectivity index (χ0n) is 11.6. The van der Waals surface area contributed by atoms with Crippen LogP contribution in [0.4, 0.5) is 0 Å². The summed E-state index contributed by atoms with van der Waals surface area (Å²) < 4.78 is 5.77. The van der Waals surface area contributed by atoms with Crippen LogP contribution >= 0.6 is 0 Å². The van der Waals surface area contributed by atoms with Gasteiger partial charge in [0.05, 0.1) is 0 Å². The van der Waals surface area contributed by atoms with Crippen LogP contribution in [0, 0.1) is 18.3 Å². The van der Waals surface area contributed by atoms with Crippen molar-refractivity contribution < 1.29 is 4.74 Å². The predicted molar refractivity (Wildman–Crippen MR) is 77.1 cm³/mol. The molecule has 2 aromatic rings. The Morgan fingerprint density at radius 1 is 1.40 bits per heavy atom. The van der Waals surface area contributed by atoms with E-state index in [1.54, 1.807) is 12.3 Å². The largest absolute Gasteiger partial charge is 0.489 e. The maximum Gasteiger partial charge on any atom is 0.147 e. The minimum absolute atomic E-state index is 0.00580. The standard InChI is InChI=1S/C16H17N3O/c1-11-8-13(12(2)18)5-6-16(11)20-10-14-4-3-7-19-15(14)9-17/h3-8,12H,10,18H2,1-2H3/t12-/m1/s1. The van der Waals surface area contributed by atoms with Crippen molar-refractivity contribution in [2.75, 3.05) is 0 Å². The highest BCUT2D eigenvalue weighted by Crippen LogP contribution is 2.23. The van der Waals surface area contributed by atoms with Gasteiger partial charge in [0.15, 0.2) is 0 Å². The average Bonchev–Trinajstić information content (AvgIpc) is 2.46. The Labute approximate surface area is 118 Å². The van der Waals surface area contributed by atoms with Gasteiger partial charge < -0.3 is 10.5 Å². The molecule has 1 atom stereocenters. The smallest absolute Gasteiger partial charge is 0.147 e. The molecule has 0 saturated carbocycles. The number of aryl methyl sites for hydroxylation is 1. The average molecular weight is 267 g/mol. The first-order valence-corrected chi connectivity index (χ1v) is 6.44. The molecule has 0 bridgehead atoms. The Kier molecular flexibility index (Phi) is 4.34. The zero-order chi connectivity index (χ0) is 14.5. The van der Waals surface area contributed by atoms with E-state index in [0.717, 1.165) is 22.4 Å². The molecule has 0 fully saturated rings. The molecule has 102 valence electrons. The Morgan fingerprint density at radius 2 is 2.20 bits per heavy atom. The molecule has 0 unspecified atom stereocenters. The third-order valence-corrected chi connectivity index (χ3v) is 3.11. The minimum atomic E-state index is 0.00580. The van der Waals surface area contributed by atoms with Crippen molar-refractivity contribution >= 4 is 0 Å². The van der Waals surface area contributed by atoms with Crippen molar-refractivity contribution in [1.29, 1.82) is 5.26 Å². The van der Waals surface area contributed by atoms with Crippen LogP contribution in [0.25, 0.3) is 0 Å². The molecule has 2 N–H and O–H groups in total. The summed E-state index contributed by atoms with van der Waals surface area (Å²) in [5, 5.41) is 8.99. The van der Waals surface area contributed by atoms with E-state index in [1.807, 2.05) is 38.1 Å². The lowest BCUT2D eigenvalue weighted by atomic mass is 10.1. The van der Waals surface area contributed by atoms with Crippen LogP contribution in [0.5, 0.6) is 5.75 Å². The molecule has 0 aliphatic rings. The molecule has 0 amide bonds. The number of hydrogen-bond acceptors (Lipinski definition) is 4. The summed E-state index contributed by atoms with van der Waals surface area (Å²) in [5.41, 5.74) is 9.14. The fourth-order valence-electron chi connectivity index (χ4n) is 1.93. The van der Waals surface area contributed by atoms with Gasteiger partial charge in [0, 0.05) is 17.8 Å². The van der Waals surface area contributed by atoms with Crippen LogP contribution in [0.3, 0.4) is 0 Å². The molecule has 0 radical (unpaired) electrons. The van der Waals surface area contributed by atoms with E-state index in [0.29, 0.717) is 12.3 Å². The Hall–Kier alpha value is -2.38. The summed E-state index contributed by atoms with van der Waals surface area (Å²) in [6, 6.07) is 11.6. The van der Waals surface area contributed by atoms with Crippen LogP contribution in [0.2, 0.25) is 0 Å². The number of nitrogens with zero attached hydrogens (tertiary/aromatic N) is 2. The molecular formula is C16H17N3O. The summed E-state index contributed by atoms with van der Waals surface area (Å²) in [5.74, 6) is 0.794. The first-order chi connectivity index (χ1) is 9.61. The third-order valence-electron chi connectivity index (χ3n) is 3.11. The van der Waals surface area contributed by atoms with Crippen molar-refractivity contribution in [1.82, 2.24) is 4.98 Å². The molecular weight excluding hydrogens is 250 g/mol. The van der Waals surface area contributed by atoms with Gasteiger partial charge in [-0.05, 0) is 37.1 Å². The van der Waals surface area contributed by atoms with Gasteiger partial charge in [0.25, 0.3) is 0 Å². The fraction of sp³-hybridized carbons (Fsp3) is 0.250. The second-order valence-electron chi connectivity index (χ2n) is 4.73. The summed E-state index contributed by atoms with van der Waals surface area (Å²) in [6.07, 6.45) is 1.60. The lowest BCUT2D eigenvalue weighted by Gasteiger charge is -2.12. The molecule has 1 heterocycles. The second-order valence-corrected chi connectivity index (χ2v) is 4.73. The summed E-state index contributed by atoms with van der Waals surface area (Å²) >= 11 is 0. The fourth-order valence-corrected chi connectivity index (χ4v) is 1.93. The monoisotopic (exact) mass is 267 g/mol. The topological polar surface area (TPSA) is 71.9 Å². The molecule has 1 aromatic carbocycles. The SMILES string of the molecule is Cc1cc([C@@H](C)N)ccc1OCc1cccnc1C#N. The normalized spacial score (nSPS) is 11.7. The molecule has 4 heteroatoms. The molecule has 4 nitrogen and oxygen atoms in total. The van der Waals surface area contributed by atoms with E-state index in [2.05, 4.69) is 11.1 Å². The second kappa shape index (κ2) is 6.18. The lowest BCUT2D eigenvalue weighted by molar-refractivity contribution is 0.303. The number of rotatable bonds is 4. The number of nitrogens with two attached hydrogens (primary N) is 1. The van der Waals surface area contributed by atoms with Gasteiger partial charge in [-0.25, -0.2) is 4.98 Å². The van der Waals surface area contributed by atoms with Gasteiger partial charge in [0.2, 0.25) is 0 Å². The highest BCUT2D eigenvalue weighted by atomic mass is 16.5. The van der Waals surface area contributed by atoms with E-state index in [4.69, 9.17) is 15.7 Å². The minimum Gasteiger partial charge on any atom is -0.489 e. The number of hydrogen-bond donors (Lipinski definition) is 1. The van der Waals surface area contributed by atoms with Crippen molar-refractivity contribution in [3.63, 3.8) is 0 Å². The number of nitriles is 1. The number of ether oxygens (including phenoxy) is 1. The highest BCUT2D eigenvalue weighted by molar-refractivity contribution is 5.38. The maximum atomic E-state index is 8.99. The molecule has 0 aliphatic carbocycles. The molecule has 0 aliphatic heterocycles. The van der Waals surface area contributed by atoms with E-state index >= 15 is 0 Å². The molecule has 20 heavy (non-hydrogen) atoms. The van der Waals surface area contributed by atoms with Crippen molar-refractivity contribution in [2.24, 2.45) is 5.73 Å². The maximum absolute atomic E-state index is 8.99. The predicted octanol–water partition coefficient (Wildman–Crippen LogP) is 2.86. The summed E-state index contributed by atoms with van der Waals surface area (Å²) in [4.78, 5) is 4.01. The first kappa shape index (κ1) is 14.0. The van der Waals surface area contributed by atoms with E-state index in [9.17, 15) is 0 Å². The van der Waals surface area contributed by atoms with Gasteiger partial charge in [-0.3, -0.25) is 0 Å². The van der Waals surface area contributed by atoms with Gasteiger partial charge >= 0.3 is 0 Å². The summed E-state index contributed by atoms with van der Waals surface area (Å²) in [6.45, 7) is 4.26. The van der Waals surface area contributed by atoms with Gasteiger partial charge in [-0.15, -0.1) is 0 Å². The van der Waals surface area contributed by atoms with E-state index < -0.39 is 0 Å². The molecule has 0 saturated heterocycles. The van der Waals surface area contributed by atoms with E-state index in [-0.39, 0.29) is 6.04 Å². The van der Waals surface area contributed by atoms with Crippen molar-refractivity contribution in [2.45, 2.75) is 26.5 Å². The number of pyridine rings is 1. The molecule has 0 spiro atoms. The van der Waals surface area contributed by atoms with Crippen LogP contribution < -0.4 is 10.5 Å².